The van der Waals surface area contributed by atoms with E-state index in [0.29, 0.717) is 12.6 Å². The average molecular weight is 269 g/mol. The molecule has 0 aromatic heterocycles. The van der Waals surface area contributed by atoms with Crippen molar-refractivity contribution in [3.05, 3.63) is 29.3 Å². The lowest BCUT2D eigenvalue weighted by atomic mass is 10.3. The Morgan fingerprint density at radius 3 is 2.72 bits per heavy atom. The summed E-state index contributed by atoms with van der Waals surface area (Å²) in [5.74, 6) is 0.866. The van der Waals surface area contributed by atoms with Gasteiger partial charge in [0.1, 0.15) is 12.4 Å². The fourth-order valence-corrected chi connectivity index (χ4v) is 1.83. The molecule has 2 N–H and O–H groups in total. The van der Waals surface area contributed by atoms with E-state index in [0.717, 1.165) is 29.9 Å². The van der Waals surface area contributed by atoms with E-state index >= 15 is 0 Å². The molecule has 0 bridgehead atoms. The number of rotatable bonds is 8. The van der Waals surface area contributed by atoms with Crippen LogP contribution in [0.2, 0.25) is 5.02 Å². The first kappa shape index (κ1) is 13.7. The van der Waals surface area contributed by atoms with E-state index in [1.165, 1.54) is 12.8 Å². The highest BCUT2D eigenvalue weighted by atomic mass is 35.5. The maximum absolute atomic E-state index is 5.81. The second kappa shape index (κ2) is 6.98. The third-order valence-corrected chi connectivity index (χ3v) is 3.22. The maximum atomic E-state index is 5.81. The summed E-state index contributed by atoms with van der Waals surface area (Å²) < 4.78 is 5.61. The third-order valence-electron chi connectivity index (χ3n) is 2.97. The monoisotopic (exact) mass is 268 g/mol. The summed E-state index contributed by atoms with van der Waals surface area (Å²) in [6.07, 6.45) is 2.68. The van der Waals surface area contributed by atoms with Crippen LogP contribution in [-0.4, -0.2) is 31.8 Å². The second-order valence-electron chi connectivity index (χ2n) is 4.84. The minimum Gasteiger partial charge on any atom is -0.492 e. The molecule has 0 heterocycles. The van der Waals surface area contributed by atoms with Crippen molar-refractivity contribution in [1.82, 2.24) is 10.6 Å². The van der Waals surface area contributed by atoms with Gasteiger partial charge in [-0.1, -0.05) is 11.6 Å². The Labute approximate surface area is 114 Å². The van der Waals surface area contributed by atoms with Crippen molar-refractivity contribution < 1.29 is 4.74 Å². The fourth-order valence-electron chi connectivity index (χ4n) is 1.71. The lowest BCUT2D eigenvalue weighted by Gasteiger charge is -2.14. The summed E-state index contributed by atoms with van der Waals surface area (Å²) >= 11 is 5.81. The first-order valence-electron chi connectivity index (χ1n) is 6.59. The van der Waals surface area contributed by atoms with Crippen molar-refractivity contribution in [3.8, 4) is 5.75 Å². The Hall–Kier alpha value is -0.770. The Morgan fingerprint density at radius 1 is 1.33 bits per heavy atom. The van der Waals surface area contributed by atoms with Crippen LogP contribution in [0.4, 0.5) is 0 Å². The van der Waals surface area contributed by atoms with Crippen LogP contribution in [0.5, 0.6) is 5.75 Å². The summed E-state index contributed by atoms with van der Waals surface area (Å²) in [5, 5.41) is 7.67. The van der Waals surface area contributed by atoms with Crippen molar-refractivity contribution in [2.24, 2.45) is 0 Å². The van der Waals surface area contributed by atoms with Gasteiger partial charge in [0.05, 0.1) is 0 Å². The molecule has 1 aliphatic rings. The molecule has 0 spiro atoms. The Kier molecular flexibility index (Phi) is 5.29. The largest absolute Gasteiger partial charge is 0.492 e. The average Bonchev–Trinajstić information content (AvgIpc) is 3.18. The molecular weight excluding hydrogens is 248 g/mol. The van der Waals surface area contributed by atoms with Crippen LogP contribution in [0, 0.1) is 0 Å². The van der Waals surface area contributed by atoms with Crippen LogP contribution in [0.15, 0.2) is 24.3 Å². The topological polar surface area (TPSA) is 33.3 Å². The lowest BCUT2D eigenvalue weighted by Crippen LogP contribution is -2.39. The molecule has 100 valence electrons. The van der Waals surface area contributed by atoms with Crippen LogP contribution in [0.1, 0.15) is 19.8 Å². The van der Waals surface area contributed by atoms with Crippen LogP contribution >= 0.6 is 11.6 Å². The van der Waals surface area contributed by atoms with E-state index in [-0.39, 0.29) is 0 Å². The van der Waals surface area contributed by atoms with Gasteiger partial charge in [-0.3, -0.25) is 0 Å². The summed E-state index contributed by atoms with van der Waals surface area (Å²) in [4.78, 5) is 0. The van der Waals surface area contributed by atoms with Gasteiger partial charge < -0.3 is 15.4 Å². The molecule has 1 atom stereocenters. The zero-order chi connectivity index (χ0) is 12.8. The van der Waals surface area contributed by atoms with Gasteiger partial charge in [0.2, 0.25) is 0 Å². The highest BCUT2D eigenvalue weighted by molar-refractivity contribution is 6.30. The number of halogens is 1. The van der Waals surface area contributed by atoms with E-state index < -0.39 is 0 Å². The van der Waals surface area contributed by atoms with E-state index in [2.05, 4.69) is 17.6 Å². The Morgan fingerprint density at radius 2 is 2.06 bits per heavy atom. The normalized spacial score (nSPS) is 16.6. The molecule has 1 fully saturated rings. The summed E-state index contributed by atoms with van der Waals surface area (Å²) in [7, 11) is 0. The second-order valence-corrected chi connectivity index (χ2v) is 5.28. The van der Waals surface area contributed by atoms with Crippen molar-refractivity contribution in [3.63, 3.8) is 0 Å². The molecule has 1 aromatic rings. The number of hydrogen-bond acceptors (Lipinski definition) is 3. The molecule has 1 unspecified atom stereocenters. The van der Waals surface area contributed by atoms with E-state index in [9.17, 15) is 0 Å². The van der Waals surface area contributed by atoms with E-state index in [1.54, 1.807) is 0 Å². The molecular formula is C14H21ClN2O. The van der Waals surface area contributed by atoms with Crippen LogP contribution < -0.4 is 15.4 Å². The first-order chi connectivity index (χ1) is 8.74. The molecule has 0 amide bonds. The summed E-state index contributed by atoms with van der Waals surface area (Å²) in [5.41, 5.74) is 0. The first-order valence-corrected chi connectivity index (χ1v) is 6.97. The number of ether oxygens (including phenoxy) is 1. The minimum absolute atomic E-state index is 0.486. The molecule has 1 aliphatic carbocycles. The van der Waals surface area contributed by atoms with Crippen molar-refractivity contribution in [2.75, 3.05) is 19.7 Å². The smallest absolute Gasteiger partial charge is 0.119 e. The zero-order valence-corrected chi connectivity index (χ0v) is 11.5. The zero-order valence-electron chi connectivity index (χ0n) is 10.8. The van der Waals surface area contributed by atoms with Crippen LogP contribution in [-0.2, 0) is 0 Å². The maximum Gasteiger partial charge on any atom is 0.119 e. The minimum atomic E-state index is 0.486. The van der Waals surface area contributed by atoms with Crippen LogP contribution in [0.25, 0.3) is 0 Å². The van der Waals surface area contributed by atoms with Gasteiger partial charge in [-0.2, -0.15) is 0 Å². The molecule has 1 saturated carbocycles. The fraction of sp³-hybridized carbons (Fsp3) is 0.571. The quantitative estimate of drug-likeness (QED) is 0.711. The molecule has 3 nitrogen and oxygen atoms in total. The Bertz CT molecular complexity index is 351. The molecule has 18 heavy (non-hydrogen) atoms. The summed E-state index contributed by atoms with van der Waals surface area (Å²) in [6, 6.07) is 8.72. The van der Waals surface area contributed by atoms with Crippen LogP contribution in [0.3, 0.4) is 0 Å². The molecule has 0 aliphatic heterocycles. The number of hydrogen-bond donors (Lipinski definition) is 2. The third kappa shape index (κ3) is 5.25. The van der Waals surface area contributed by atoms with Gasteiger partial charge in [0.15, 0.2) is 0 Å². The van der Waals surface area contributed by atoms with Crippen molar-refractivity contribution in [1.29, 1.82) is 0 Å². The predicted molar refractivity (Wildman–Crippen MR) is 75.4 cm³/mol. The molecule has 0 saturated heterocycles. The van der Waals surface area contributed by atoms with Gasteiger partial charge in [0.25, 0.3) is 0 Å². The SMILES string of the molecule is CC(CNC1CC1)NCCOc1ccc(Cl)cc1. The van der Waals surface area contributed by atoms with Gasteiger partial charge >= 0.3 is 0 Å². The summed E-state index contributed by atoms with van der Waals surface area (Å²) in [6.45, 7) is 4.76. The predicted octanol–water partition coefficient (Wildman–Crippen LogP) is 2.45. The van der Waals surface area contributed by atoms with Crippen molar-refractivity contribution in [2.45, 2.75) is 31.8 Å². The Balaban J connectivity index is 1.53. The van der Waals surface area contributed by atoms with Gasteiger partial charge in [-0.25, -0.2) is 0 Å². The van der Waals surface area contributed by atoms with Gasteiger partial charge in [-0.15, -0.1) is 0 Å². The van der Waals surface area contributed by atoms with E-state index in [1.807, 2.05) is 24.3 Å². The van der Waals surface area contributed by atoms with E-state index in [4.69, 9.17) is 16.3 Å². The molecule has 1 aromatic carbocycles. The standard InChI is InChI=1S/C14H21ClN2O/c1-11(10-17-13-4-5-13)16-8-9-18-14-6-2-12(15)3-7-14/h2-3,6-7,11,13,16-17H,4-5,8-10H2,1H3. The van der Waals surface area contributed by atoms with Gasteiger partial charge in [0, 0.05) is 30.2 Å². The van der Waals surface area contributed by atoms with Gasteiger partial charge in [-0.05, 0) is 44.0 Å². The molecule has 2 rings (SSSR count). The number of benzene rings is 1. The highest BCUT2D eigenvalue weighted by Crippen LogP contribution is 2.18. The van der Waals surface area contributed by atoms with Crippen molar-refractivity contribution >= 4 is 11.6 Å². The number of nitrogens with one attached hydrogen (secondary N) is 2. The molecule has 0 radical (unpaired) electrons. The molecule has 4 heteroatoms. The highest BCUT2D eigenvalue weighted by Gasteiger charge is 2.20. The lowest BCUT2D eigenvalue weighted by molar-refractivity contribution is 0.305.